The second kappa shape index (κ2) is 14.2. The first-order valence-corrected chi connectivity index (χ1v) is 12.9. The number of carbonyl (C=O) groups excluding carboxylic acids is 4. The first-order valence-electron chi connectivity index (χ1n) is 12.9. The summed E-state index contributed by atoms with van der Waals surface area (Å²) in [5.41, 5.74) is 5.99. The highest BCUT2D eigenvalue weighted by atomic mass is 16.6. The van der Waals surface area contributed by atoms with Gasteiger partial charge in [0.25, 0.3) is 5.91 Å². The van der Waals surface area contributed by atoms with E-state index in [0.29, 0.717) is 30.4 Å². The van der Waals surface area contributed by atoms with Crippen LogP contribution in [0.4, 0.5) is 4.79 Å². The molecular weight excluding hydrogens is 508 g/mol. The molecule has 216 valence electrons. The minimum absolute atomic E-state index is 0.0261. The molecule has 0 saturated carbocycles. The van der Waals surface area contributed by atoms with Crippen LogP contribution in [0, 0.1) is 11.8 Å². The maximum atomic E-state index is 12.8. The lowest BCUT2D eigenvalue weighted by atomic mass is 9.85. The van der Waals surface area contributed by atoms with Crippen LogP contribution >= 0.6 is 0 Å². The molecule has 1 aliphatic carbocycles. The van der Waals surface area contributed by atoms with E-state index in [1.165, 1.54) is 14.2 Å². The molecule has 6 atom stereocenters. The van der Waals surface area contributed by atoms with Crippen molar-refractivity contribution in [2.75, 3.05) is 14.2 Å². The highest BCUT2D eigenvalue weighted by Crippen LogP contribution is 2.29. The molecule has 0 aromatic heterocycles. The maximum absolute atomic E-state index is 12.8. The Morgan fingerprint density at radius 3 is 2.33 bits per heavy atom. The molecule has 0 spiro atoms. The summed E-state index contributed by atoms with van der Waals surface area (Å²) in [6.07, 6.45) is 1.28. The number of rotatable bonds is 3. The van der Waals surface area contributed by atoms with Gasteiger partial charge in [-0.2, -0.15) is 0 Å². The molecule has 1 aliphatic heterocycles. The number of Topliss-reactive ketones (excluding diaryl/α,β-unsaturated/α-hetero) is 1. The average molecular weight is 549 g/mol. The molecule has 0 unspecified atom stereocenters. The number of aliphatic hydroxyl groups is 2. The third-order valence-corrected chi connectivity index (χ3v) is 7.09. The summed E-state index contributed by atoms with van der Waals surface area (Å²) in [6, 6.07) is 0. The molecule has 39 heavy (non-hydrogen) atoms. The van der Waals surface area contributed by atoms with Crippen molar-refractivity contribution in [3.05, 3.63) is 46.4 Å². The molecule has 2 amide bonds. The van der Waals surface area contributed by atoms with E-state index in [9.17, 15) is 29.4 Å². The van der Waals surface area contributed by atoms with Gasteiger partial charge < -0.3 is 35.5 Å². The van der Waals surface area contributed by atoms with Crippen molar-refractivity contribution in [2.45, 2.75) is 77.8 Å². The van der Waals surface area contributed by atoms with Crippen LogP contribution < -0.4 is 11.1 Å². The van der Waals surface area contributed by atoms with Crippen LogP contribution in [0.1, 0.15) is 53.4 Å². The van der Waals surface area contributed by atoms with Crippen LogP contribution in [0.2, 0.25) is 0 Å². The summed E-state index contributed by atoms with van der Waals surface area (Å²) in [4.78, 5) is 49.4. The Bertz CT molecular complexity index is 1090. The van der Waals surface area contributed by atoms with Gasteiger partial charge in [-0.15, -0.1) is 0 Å². The van der Waals surface area contributed by atoms with Crippen LogP contribution in [0.3, 0.4) is 0 Å². The van der Waals surface area contributed by atoms with Crippen molar-refractivity contribution < 1.29 is 43.6 Å². The topological polar surface area (TPSA) is 174 Å². The average Bonchev–Trinajstić information content (AvgIpc) is 2.88. The normalized spacial score (nSPS) is 32.9. The van der Waals surface area contributed by atoms with Crippen molar-refractivity contribution in [3.63, 3.8) is 0 Å². The first kappa shape index (κ1) is 31.9. The zero-order valence-corrected chi connectivity index (χ0v) is 23.4. The number of amides is 2. The standard InChI is InChI=1S/C28H40N2O9/c1-14-10-18-24(33)19(13-20(31)25(18)34)30-27(35)15(2)8-7-9-21(37-5)26(39-28(29)36)17(4)12-16(3)23(32)22(11-14)38-6/h8,12-14,16,21-23,26,32-33H,7,9-11H2,1-6H3,(H2,29,36)(H,30,35)/b15-8+,17-12+/t14-,16+,21+,22+,23-,26+/m1/s1. The number of primary amides is 1. The fraction of sp³-hybridized carbons (Fsp3) is 0.571. The third kappa shape index (κ3) is 8.35. The Hall–Kier alpha value is -3.28. The van der Waals surface area contributed by atoms with Gasteiger partial charge in [-0.05, 0) is 51.0 Å². The highest BCUT2D eigenvalue weighted by Gasteiger charge is 2.33. The van der Waals surface area contributed by atoms with Crippen LogP contribution in [-0.2, 0) is 28.6 Å². The van der Waals surface area contributed by atoms with E-state index in [4.69, 9.17) is 19.9 Å². The molecule has 0 aromatic rings. The van der Waals surface area contributed by atoms with E-state index in [1.54, 1.807) is 39.8 Å². The van der Waals surface area contributed by atoms with Crippen LogP contribution in [0.15, 0.2) is 46.4 Å². The van der Waals surface area contributed by atoms with Gasteiger partial charge in [0.05, 0.1) is 24.0 Å². The van der Waals surface area contributed by atoms with Crippen LogP contribution in [0.25, 0.3) is 0 Å². The van der Waals surface area contributed by atoms with Crippen molar-refractivity contribution in [3.8, 4) is 0 Å². The van der Waals surface area contributed by atoms with E-state index < -0.39 is 59.7 Å². The number of aliphatic hydroxyl groups excluding tert-OH is 2. The third-order valence-electron chi connectivity index (χ3n) is 7.09. The zero-order chi connectivity index (χ0) is 29.4. The van der Waals surface area contributed by atoms with Gasteiger partial charge in [-0.1, -0.05) is 26.0 Å². The summed E-state index contributed by atoms with van der Waals surface area (Å²) in [7, 11) is 2.92. The molecular formula is C28H40N2O9. The maximum Gasteiger partial charge on any atom is 0.405 e. The lowest BCUT2D eigenvalue weighted by molar-refractivity contribution is -0.132. The predicted molar refractivity (Wildman–Crippen MR) is 142 cm³/mol. The summed E-state index contributed by atoms with van der Waals surface area (Å²) in [6.45, 7) is 6.90. The van der Waals surface area contributed by atoms with Gasteiger partial charge in [-0.25, -0.2) is 4.79 Å². The molecule has 0 radical (unpaired) electrons. The number of fused-ring (bicyclic) bond motifs is 1. The summed E-state index contributed by atoms with van der Waals surface area (Å²) in [5, 5.41) is 24.4. The van der Waals surface area contributed by atoms with E-state index >= 15 is 0 Å². The summed E-state index contributed by atoms with van der Waals surface area (Å²) < 4.78 is 16.5. The molecule has 2 rings (SSSR count). The van der Waals surface area contributed by atoms with Crippen molar-refractivity contribution >= 4 is 23.6 Å². The van der Waals surface area contributed by atoms with Gasteiger partial charge in [-0.3, -0.25) is 14.4 Å². The number of allylic oxidation sites excluding steroid dienone is 3. The van der Waals surface area contributed by atoms with E-state index in [1.807, 2.05) is 0 Å². The number of hydrogen-bond acceptors (Lipinski definition) is 9. The minimum Gasteiger partial charge on any atom is -0.505 e. The summed E-state index contributed by atoms with van der Waals surface area (Å²) in [5.74, 6) is -3.45. The number of nitrogens with two attached hydrogens (primary N) is 1. The highest BCUT2D eigenvalue weighted by molar-refractivity contribution is 6.48. The van der Waals surface area contributed by atoms with E-state index in [2.05, 4.69) is 5.32 Å². The molecule has 0 fully saturated rings. The Kier molecular flexibility index (Phi) is 11.6. The minimum atomic E-state index is -0.979. The molecule has 2 aliphatic rings. The van der Waals surface area contributed by atoms with Gasteiger partial charge in [0.1, 0.15) is 5.76 Å². The fourth-order valence-corrected chi connectivity index (χ4v) is 4.88. The monoisotopic (exact) mass is 548 g/mol. The zero-order valence-electron chi connectivity index (χ0n) is 23.4. The van der Waals surface area contributed by atoms with Crippen molar-refractivity contribution in [1.29, 1.82) is 0 Å². The molecule has 1 heterocycles. The molecule has 0 saturated heterocycles. The lowest BCUT2D eigenvalue weighted by Gasteiger charge is -2.30. The number of methoxy groups -OCH3 is 2. The fourth-order valence-electron chi connectivity index (χ4n) is 4.88. The summed E-state index contributed by atoms with van der Waals surface area (Å²) >= 11 is 0. The van der Waals surface area contributed by atoms with Gasteiger partial charge in [0, 0.05) is 37.4 Å². The first-order chi connectivity index (χ1) is 18.3. The Labute approximate surface area is 228 Å². The van der Waals surface area contributed by atoms with E-state index in [0.717, 1.165) is 6.08 Å². The number of hydrogen-bond donors (Lipinski definition) is 4. The lowest BCUT2D eigenvalue weighted by Crippen LogP contribution is -2.37. The SMILES string of the molecule is CO[C@H]1C[C@H](C)CC2=C(O)C(=CC(=O)C2=O)NC(=O)/C(C)=C/CC[C@H](OC)[C@@H](OC(N)=O)/C(C)=C/[C@H](C)[C@H]1O. The number of ketones is 2. The van der Waals surface area contributed by atoms with Gasteiger partial charge in [0.15, 0.2) is 6.10 Å². The van der Waals surface area contributed by atoms with Crippen molar-refractivity contribution in [1.82, 2.24) is 5.32 Å². The van der Waals surface area contributed by atoms with E-state index in [-0.39, 0.29) is 23.6 Å². The van der Waals surface area contributed by atoms with Crippen molar-refractivity contribution in [2.24, 2.45) is 17.6 Å². The second-order valence-corrected chi connectivity index (χ2v) is 10.2. The van der Waals surface area contributed by atoms with Gasteiger partial charge in [0.2, 0.25) is 11.6 Å². The molecule has 2 bridgehead atoms. The largest absolute Gasteiger partial charge is 0.505 e. The Morgan fingerprint density at radius 1 is 1.10 bits per heavy atom. The molecule has 0 aromatic carbocycles. The smallest absolute Gasteiger partial charge is 0.405 e. The van der Waals surface area contributed by atoms with Gasteiger partial charge >= 0.3 is 6.09 Å². The molecule has 11 heteroatoms. The quantitative estimate of drug-likeness (QED) is 0.235. The second-order valence-electron chi connectivity index (χ2n) is 10.2. The number of nitrogens with one attached hydrogen (secondary N) is 1. The number of ether oxygens (including phenoxy) is 3. The van der Waals surface area contributed by atoms with Crippen LogP contribution in [0.5, 0.6) is 0 Å². The molecule has 11 nitrogen and oxygen atoms in total. The van der Waals surface area contributed by atoms with Crippen LogP contribution in [-0.4, -0.2) is 72.4 Å². The predicted octanol–water partition coefficient (Wildman–Crippen LogP) is 2.54. The Morgan fingerprint density at radius 2 is 1.74 bits per heavy atom. The number of carbonyl (C=O) groups is 4. The Balaban J connectivity index is 2.53. The molecule has 5 N–H and O–H groups in total.